The Balaban J connectivity index is 2.90. The fourth-order valence-electron chi connectivity index (χ4n) is 0.948. The second kappa shape index (κ2) is 3.89. The number of hydrogen-bond acceptors (Lipinski definition) is 2. The molecule has 1 rings (SSSR count). The van der Waals surface area contributed by atoms with E-state index in [4.69, 9.17) is 5.73 Å². The molecule has 0 aromatic heterocycles. The maximum Gasteiger partial charge on any atom is 0.251 e. The number of anilines is 1. The first-order chi connectivity index (χ1) is 6.15. The molecular weight excluding hydrogens is 171 g/mol. The van der Waals surface area contributed by atoms with Gasteiger partial charge in [-0.1, -0.05) is 0 Å². The summed E-state index contributed by atoms with van der Waals surface area (Å²) in [7, 11) is 0. The van der Waals surface area contributed by atoms with E-state index in [1.54, 1.807) is 0 Å². The number of carbonyl (C=O) groups is 1. The molecule has 0 bridgehead atoms. The van der Waals surface area contributed by atoms with Crippen LogP contribution in [0, 0.1) is 5.82 Å². The van der Waals surface area contributed by atoms with Crippen LogP contribution in [0.1, 0.15) is 17.3 Å². The van der Waals surface area contributed by atoms with Gasteiger partial charge in [0.1, 0.15) is 5.82 Å². The number of hydrogen-bond donors (Lipinski definition) is 2. The zero-order valence-electron chi connectivity index (χ0n) is 7.30. The van der Waals surface area contributed by atoms with Gasteiger partial charge in [0.25, 0.3) is 5.91 Å². The van der Waals surface area contributed by atoms with E-state index in [2.05, 4.69) is 5.32 Å². The van der Waals surface area contributed by atoms with Crippen LogP contribution in [-0.2, 0) is 0 Å². The first-order valence-electron chi connectivity index (χ1n) is 3.98. The maximum atomic E-state index is 12.7. The number of nitrogens with two attached hydrogens (primary N) is 1. The molecule has 70 valence electrons. The summed E-state index contributed by atoms with van der Waals surface area (Å²) in [6.45, 7) is 2.35. The van der Waals surface area contributed by atoms with Gasteiger partial charge in [-0.25, -0.2) is 4.39 Å². The summed E-state index contributed by atoms with van der Waals surface area (Å²) >= 11 is 0. The van der Waals surface area contributed by atoms with Gasteiger partial charge < -0.3 is 11.1 Å². The zero-order chi connectivity index (χ0) is 9.84. The number of carbonyl (C=O) groups excluding carboxylic acids is 1. The van der Waals surface area contributed by atoms with Crippen LogP contribution in [0.15, 0.2) is 18.2 Å². The van der Waals surface area contributed by atoms with E-state index in [0.29, 0.717) is 12.1 Å². The topological polar surface area (TPSA) is 55.1 Å². The van der Waals surface area contributed by atoms with Crippen LogP contribution in [-0.4, -0.2) is 12.5 Å². The van der Waals surface area contributed by atoms with Gasteiger partial charge in [-0.2, -0.15) is 0 Å². The summed E-state index contributed by atoms with van der Waals surface area (Å²) in [4.78, 5) is 11.2. The third-order valence-electron chi connectivity index (χ3n) is 1.60. The molecule has 13 heavy (non-hydrogen) atoms. The summed E-state index contributed by atoms with van der Waals surface area (Å²) in [5.74, 6) is -0.748. The van der Waals surface area contributed by atoms with E-state index < -0.39 is 5.82 Å². The molecular formula is C9H11FN2O. The number of nitrogen functional groups attached to an aromatic ring is 1. The molecule has 3 N–H and O–H groups in total. The van der Waals surface area contributed by atoms with Crippen molar-refractivity contribution in [3.63, 3.8) is 0 Å². The first-order valence-corrected chi connectivity index (χ1v) is 3.98. The molecule has 3 nitrogen and oxygen atoms in total. The van der Waals surface area contributed by atoms with Crippen molar-refractivity contribution in [1.82, 2.24) is 5.32 Å². The molecule has 0 saturated carbocycles. The lowest BCUT2D eigenvalue weighted by molar-refractivity contribution is 0.0956. The molecule has 0 saturated heterocycles. The summed E-state index contributed by atoms with van der Waals surface area (Å²) in [5.41, 5.74) is 5.66. The normalized spacial score (nSPS) is 9.69. The van der Waals surface area contributed by atoms with Crippen LogP contribution in [0.4, 0.5) is 10.1 Å². The van der Waals surface area contributed by atoms with Crippen LogP contribution < -0.4 is 11.1 Å². The van der Waals surface area contributed by atoms with Crippen molar-refractivity contribution in [1.29, 1.82) is 0 Å². The molecule has 4 heteroatoms. The van der Waals surface area contributed by atoms with Crippen LogP contribution in [0.25, 0.3) is 0 Å². The molecule has 1 amide bonds. The van der Waals surface area contributed by atoms with Crippen LogP contribution in [0.3, 0.4) is 0 Å². The summed E-state index contributed by atoms with van der Waals surface area (Å²) in [5, 5.41) is 2.59. The van der Waals surface area contributed by atoms with Crippen LogP contribution in [0.5, 0.6) is 0 Å². The van der Waals surface area contributed by atoms with E-state index in [-0.39, 0.29) is 11.6 Å². The lowest BCUT2D eigenvalue weighted by atomic mass is 10.2. The number of amides is 1. The third-order valence-corrected chi connectivity index (χ3v) is 1.60. The van der Waals surface area contributed by atoms with Gasteiger partial charge in [-0.05, 0) is 25.1 Å². The minimum absolute atomic E-state index is 0.0104. The molecule has 0 unspecified atom stereocenters. The van der Waals surface area contributed by atoms with Gasteiger partial charge in [-0.3, -0.25) is 4.79 Å². The Morgan fingerprint density at radius 3 is 2.85 bits per heavy atom. The molecule has 1 aromatic rings. The molecule has 1 aromatic carbocycles. The highest BCUT2D eigenvalue weighted by molar-refractivity contribution is 5.94. The van der Waals surface area contributed by atoms with Crippen molar-refractivity contribution < 1.29 is 9.18 Å². The van der Waals surface area contributed by atoms with Gasteiger partial charge >= 0.3 is 0 Å². The van der Waals surface area contributed by atoms with E-state index in [1.807, 2.05) is 6.92 Å². The molecule has 0 spiro atoms. The molecule has 0 radical (unpaired) electrons. The van der Waals surface area contributed by atoms with Crippen molar-refractivity contribution in [3.05, 3.63) is 29.6 Å². The Hall–Kier alpha value is -1.58. The number of benzene rings is 1. The van der Waals surface area contributed by atoms with Gasteiger partial charge in [0.15, 0.2) is 0 Å². The summed E-state index contributed by atoms with van der Waals surface area (Å²) < 4.78 is 12.7. The minimum atomic E-state index is -0.506. The predicted octanol–water partition coefficient (Wildman–Crippen LogP) is 1.16. The van der Waals surface area contributed by atoms with Crippen LogP contribution in [0.2, 0.25) is 0 Å². The average Bonchev–Trinajstić information content (AvgIpc) is 2.10. The fraction of sp³-hybridized carbons (Fsp3) is 0.222. The van der Waals surface area contributed by atoms with Crippen molar-refractivity contribution in [2.75, 3.05) is 12.3 Å². The molecule has 0 fully saturated rings. The Kier molecular flexibility index (Phi) is 2.84. The summed E-state index contributed by atoms with van der Waals surface area (Å²) in [6.07, 6.45) is 0. The second-order valence-electron chi connectivity index (χ2n) is 2.60. The molecule has 0 aliphatic carbocycles. The van der Waals surface area contributed by atoms with Crippen molar-refractivity contribution >= 4 is 11.6 Å². The van der Waals surface area contributed by atoms with Gasteiger partial charge in [0.05, 0.1) is 5.69 Å². The third kappa shape index (κ3) is 2.18. The molecule has 0 heterocycles. The van der Waals surface area contributed by atoms with Crippen LogP contribution >= 0.6 is 0 Å². The standard InChI is InChI=1S/C9H11FN2O/c1-2-12-9(13)6-3-4-7(10)8(11)5-6/h3-5H,2,11H2,1H3,(H,12,13). The quantitative estimate of drug-likeness (QED) is 0.674. The molecule has 0 atom stereocenters. The predicted molar refractivity (Wildman–Crippen MR) is 48.8 cm³/mol. The smallest absolute Gasteiger partial charge is 0.251 e. The lowest BCUT2D eigenvalue weighted by Crippen LogP contribution is -2.22. The largest absolute Gasteiger partial charge is 0.396 e. The van der Waals surface area contributed by atoms with Crippen molar-refractivity contribution in [2.24, 2.45) is 0 Å². The number of halogens is 1. The summed E-state index contributed by atoms with van der Waals surface area (Å²) in [6, 6.07) is 3.90. The van der Waals surface area contributed by atoms with E-state index >= 15 is 0 Å². The van der Waals surface area contributed by atoms with E-state index in [0.717, 1.165) is 0 Å². The highest BCUT2D eigenvalue weighted by atomic mass is 19.1. The monoisotopic (exact) mass is 182 g/mol. The minimum Gasteiger partial charge on any atom is -0.396 e. The number of nitrogens with one attached hydrogen (secondary N) is 1. The number of rotatable bonds is 2. The van der Waals surface area contributed by atoms with Gasteiger partial charge in [-0.15, -0.1) is 0 Å². The Bertz CT molecular complexity index is 325. The Labute approximate surface area is 75.7 Å². The maximum absolute atomic E-state index is 12.7. The molecule has 0 aliphatic rings. The van der Waals surface area contributed by atoms with Crippen molar-refractivity contribution in [2.45, 2.75) is 6.92 Å². The first kappa shape index (κ1) is 9.51. The second-order valence-corrected chi connectivity index (χ2v) is 2.60. The van der Waals surface area contributed by atoms with Crippen molar-refractivity contribution in [3.8, 4) is 0 Å². The SMILES string of the molecule is CCNC(=O)c1ccc(F)c(N)c1. The lowest BCUT2D eigenvalue weighted by Gasteiger charge is -2.03. The molecule has 0 aliphatic heterocycles. The highest BCUT2D eigenvalue weighted by Gasteiger charge is 2.06. The van der Waals surface area contributed by atoms with Gasteiger partial charge in [0, 0.05) is 12.1 Å². The average molecular weight is 182 g/mol. The fourth-order valence-corrected chi connectivity index (χ4v) is 0.948. The Morgan fingerprint density at radius 1 is 1.62 bits per heavy atom. The Morgan fingerprint density at radius 2 is 2.31 bits per heavy atom. The van der Waals surface area contributed by atoms with E-state index in [1.165, 1.54) is 18.2 Å². The van der Waals surface area contributed by atoms with E-state index in [9.17, 15) is 9.18 Å². The highest BCUT2D eigenvalue weighted by Crippen LogP contribution is 2.11. The zero-order valence-corrected chi connectivity index (χ0v) is 7.30. The van der Waals surface area contributed by atoms with Gasteiger partial charge in [0.2, 0.25) is 0 Å².